The molecule has 1 aromatic carbocycles. The predicted octanol–water partition coefficient (Wildman–Crippen LogP) is 1.63. The minimum Gasteiger partial charge on any atom is -0.495 e. The van der Waals surface area contributed by atoms with Gasteiger partial charge in [0.05, 0.1) is 30.1 Å². The van der Waals surface area contributed by atoms with Crippen LogP contribution in [0.25, 0.3) is 5.69 Å². The van der Waals surface area contributed by atoms with E-state index in [1.54, 1.807) is 0 Å². The van der Waals surface area contributed by atoms with Gasteiger partial charge in [-0.15, -0.1) is 0 Å². The summed E-state index contributed by atoms with van der Waals surface area (Å²) in [7, 11) is 1.42. The van der Waals surface area contributed by atoms with Crippen LogP contribution in [0.5, 0.6) is 5.75 Å². The minimum atomic E-state index is -1.10. The molecule has 17 heavy (non-hydrogen) atoms. The van der Waals surface area contributed by atoms with Crippen molar-refractivity contribution in [1.29, 1.82) is 0 Å². The van der Waals surface area contributed by atoms with E-state index in [0.717, 1.165) is 0 Å². The Bertz CT molecular complexity index is 554. The maximum absolute atomic E-state index is 11.1. The number of benzene rings is 1. The van der Waals surface area contributed by atoms with Gasteiger partial charge in [0.15, 0.2) is 0 Å². The highest BCUT2D eigenvalue weighted by molar-refractivity contribution is 6.32. The fourth-order valence-corrected chi connectivity index (χ4v) is 1.61. The van der Waals surface area contributed by atoms with E-state index < -0.39 is 5.97 Å². The van der Waals surface area contributed by atoms with Gasteiger partial charge in [-0.2, -0.15) is 15.0 Å². The van der Waals surface area contributed by atoms with Crippen LogP contribution in [0.2, 0.25) is 5.02 Å². The fourth-order valence-electron chi connectivity index (χ4n) is 1.38. The van der Waals surface area contributed by atoms with E-state index in [0.29, 0.717) is 10.8 Å². The molecular formula is C10H8ClN3O3. The molecule has 0 bridgehead atoms. The van der Waals surface area contributed by atoms with Crippen LogP contribution in [0, 0.1) is 0 Å². The van der Waals surface area contributed by atoms with E-state index in [2.05, 4.69) is 10.2 Å². The summed E-state index contributed by atoms with van der Waals surface area (Å²) in [6.07, 6.45) is 2.90. The molecule has 0 radical (unpaired) electrons. The summed E-state index contributed by atoms with van der Waals surface area (Å²) < 4.78 is 4.96. The number of methoxy groups -OCH3 is 1. The van der Waals surface area contributed by atoms with Crippen molar-refractivity contribution in [3.8, 4) is 11.4 Å². The van der Waals surface area contributed by atoms with E-state index in [-0.39, 0.29) is 11.3 Å². The van der Waals surface area contributed by atoms with Crippen molar-refractivity contribution < 1.29 is 14.6 Å². The Kier molecular flexibility index (Phi) is 2.97. The van der Waals surface area contributed by atoms with Gasteiger partial charge < -0.3 is 9.84 Å². The zero-order chi connectivity index (χ0) is 12.4. The monoisotopic (exact) mass is 253 g/mol. The number of halogens is 1. The van der Waals surface area contributed by atoms with E-state index in [1.165, 1.54) is 36.4 Å². The standard InChI is InChI=1S/C10H8ClN3O3/c1-17-9-4-6(10(15)16)8(5-7(9)11)14-12-2-3-13-14/h2-5H,1H3,(H,15,16). The second-order valence-electron chi connectivity index (χ2n) is 3.13. The zero-order valence-corrected chi connectivity index (χ0v) is 9.55. The molecule has 0 saturated heterocycles. The van der Waals surface area contributed by atoms with Crippen molar-refractivity contribution in [3.63, 3.8) is 0 Å². The third kappa shape index (κ3) is 2.07. The van der Waals surface area contributed by atoms with Crippen molar-refractivity contribution >= 4 is 17.6 Å². The van der Waals surface area contributed by atoms with Gasteiger partial charge in [0.25, 0.3) is 0 Å². The molecule has 0 aliphatic heterocycles. The Morgan fingerprint density at radius 3 is 2.59 bits per heavy atom. The lowest BCUT2D eigenvalue weighted by Gasteiger charge is -2.09. The molecular weight excluding hydrogens is 246 g/mol. The van der Waals surface area contributed by atoms with Crippen molar-refractivity contribution in [1.82, 2.24) is 15.0 Å². The molecule has 2 aromatic rings. The largest absolute Gasteiger partial charge is 0.495 e. The summed E-state index contributed by atoms with van der Waals surface area (Å²) in [4.78, 5) is 12.3. The van der Waals surface area contributed by atoms with E-state index in [4.69, 9.17) is 21.4 Å². The van der Waals surface area contributed by atoms with Crippen LogP contribution in [-0.4, -0.2) is 33.2 Å². The average Bonchev–Trinajstić information content (AvgIpc) is 2.81. The predicted molar refractivity (Wildman–Crippen MR) is 59.9 cm³/mol. The van der Waals surface area contributed by atoms with Crippen LogP contribution in [0.15, 0.2) is 24.5 Å². The Hall–Kier alpha value is -2.08. The Morgan fingerprint density at radius 1 is 1.41 bits per heavy atom. The quantitative estimate of drug-likeness (QED) is 0.900. The number of ether oxygens (including phenoxy) is 1. The number of hydrogen-bond donors (Lipinski definition) is 1. The van der Waals surface area contributed by atoms with Crippen LogP contribution in [0.3, 0.4) is 0 Å². The molecule has 1 heterocycles. The molecule has 0 aliphatic carbocycles. The fraction of sp³-hybridized carbons (Fsp3) is 0.100. The topological polar surface area (TPSA) is 77.2 Å². The average molecular weight is 254 g/mol. The minimum absolute atomic E-state index is 0.0162. The number of aromatic nitrogens is 3. The molecule has 2 rings (SSSR count). The van der Waals surface area contributed by atoms with Crippen molar-refractivity contribution in [2.45, 2.75) is 0 Å². The summed E-state index contributed by atoms with van der Waals surface area (Å²) in [6, 6.07) is 2.78. The molecule has 0 atom stereocenters. The maximum Gasteiger partial charge on any atom is 0.338 e. The van der Waals surface area contributed by atoms with Crippen LogP contribution in [0.1, 0.15) is 10.4 Å². The lowest BCUT2D eigenvalue weighted by atomic mass is 10.1. The van der Waals surface area contributed by atoms with Gasteiger partial charge in [0.2, 0.25) is 0 Å². The molecule has 0 fully saturated rings. The summed E-state index contributed by atoms with van der Waals surface area (Å²) in [5, 5.41) is 17.1. The van der Waals surface area contributed by atoms with Crippen LogP contribution >= 0.6 is 11.6 Å². The van der Waals surface area contributed by atoms with Crippen molar-refractivity contribution in [2.75, 3.05) is 7.11 Å². The highest BCUT2D eigenvalue weighted by Gasteiger charge is 2.17. The number of aromatic carboxylic acids is 1. The first kappa shape index (κ1) is 11.4. The molecule has 1 aromatic heterocycles. The lowest BCUT2D eigenvalue weighted by Crippen LogP contribution is -2.08. The second kappa shape index (κ2) is 4.42. The van der Waals surface area contributed by atoms with Gasteiger partial charge in [-0.3, -0.25) is 0 Å². The van der Waals surface area contributed by atoms with E-state index in [9.17, 15) is 4.79 Å². The van der Waals surface area contributed by atoms with Gasteiger partial charge in [0.1, 0.15) is 11.4 Å². The summed E-state index contributed by atoms with van der Waals surface area (Å²) in [5.41, 5.74) is 0.302. The van der Waals surface area contributed by atoms with Crippen LogP contribution < -0.4 is 4.74 Å². The number of hydrogen-bond acceptors (Lipinski definition) is 4. The third-order valence-corrected chi connectivity index (χ3v) is 2.43. The highest BCUT2D eigenvalue weighted by Crippen LogP contribution is 2.29. The van der Waals surface area contributed by atoms with Gasteiger partial charge >= 0.3 is 5.97 Å². The second-order valence-corrected chi connectivity index (χ2v) is 3.53. The SMILES string of the molecule is COc1cc(C(=O)O)c(-n2nccn2)cc1Cl. The molecule has 7 heteroatoms. The Balaban J connectivity index is 2.66. The number of carboxylic acid groups (broad SMARTS) is 1. The van der Waals surface area contributed by atoms with E-state index in [1.807, 2.05) is 0 Å². The van der Waals surface area contributed by atoms with Crippen molar-refractivity contribution in [3.05, 3.63) is 35.1 Å². The number of carboxylic acids is 1. The molecule has 0 amide bonds. The van der Waals surface area contributed by atoms with Crippen molar-refractivity contribution in [2.24, 2.45) is 0 Å². The molecule has 0 spiro atoms. The number of nitrogens with zero attached hydrogens (tertiary/aromatic N) is 3. The molecule has 0 unspecified atom stereocenters. The van der Waals surface area contributed by atoms with Crippen LogP contribution in [-0.2, 0) is 0 Å². The molecule has 6 nitrogen and oxygen atoms in total. The first-order valence-corrected chi connectivity index (χ1v) is 4.99. The summed E-state index contributed by atoms with van der Waals surface area (Å²) in [6.45, 7) is 0. The van der Waals surface area contributed by atoms with Gasteiger partial charge in [-0.25, -0.2) is 4.79 Å². The zero-order valence-electron chi connectivity index (χ0n) is 8.79. The Morgan fingerprint density at radius 2 is 2.06 bits per heavy atom. The first-order chi connectivity index (χ1) is 8.13. The highest BCUT2D eigenvalue weighted by atomic mass is 35.5. The van der Waals surface area contributed by atoms with Gasteiger partial charge in [0, 0.05) is 0 Å². The van der Waals surface area contributed by atoms with Crippen LogP contribution in [0.4, 0.5) is 0 Å². The number of rotatable bonds is 3. The molecule has 0 aliphatic rings. The molecule has 88 valence electrons. The molecule has 1 N–H and O–H groups in total. The van der Waals surface area contributed by atoms with Gasteiger partial charge in [-0.05, 0) is 12.1 Å². The third-order valence-electron chi connectivity index (χ3n) is 2.13. The maximum atomic E-state index is 11.1. The van der Waals surface area contributed by atoms with E-state index >= 15 is 0 Å². The summed E-state index contributed by atoms with van der Waals surface area (Å²) >= 11 is 5.94. The smallest absolute Gasteiger partial charge is 0.338 e. The molecule has 0 saturated carbocycles. The first-order valence-electron chi connectivity index (χ1n) is 4.61. The summed E-state index contributed by atoms with van der Waals surface area (Å²) in [5.74, 6) is -0.813. The van der Waals surface area contributed by atoms with Gasteiger partial charge in [-0.1, -0.05) is 11.6 Å². The Labute approximate surface area is 101 Å². The lowest BCUT2D eigenvalue weighted by molar-refractivity contribution is 0.0696. The number of carbonyl (C=O) groups is 1. The normalized spacial score (nSPS) is 10.2.